The molecule has 0 radical (unpaired) electrons. The Balaban J connectivity index is 1.61. The predicted molar refractivity (Wildman–Crippen MR) is 146 cm³/mol. The number of ether oxygens (including phenoxy) is 3. The van der Waals surface area contributed by atoms with Crippen LogP contribution >= 0.6 is 47.8 Å². The number of nitro benzene ring substituents is 1. The summed E-state index contributed by atoms with van der Waals surface area (Å²) in [5.41, 5.74) is 2.95. The van der Waals surface area contributed by atoms with E-state index >= 15 is 0 Å². The molecule has 0 aromatic heterocycles. The van der Waals surface area contributed by atoms with E-state index in [9.17, 15) is 19.7 Å². The number of hydrogen-bond donors (Lipinski definition) is 1. The van der Waals surface area contributed by atoms with Crippen molar-refractivity contribution in [1.29, 1.82) is 0 Å². The Labute approximate surface area is 236 Å². The molecule has 3 rings (SSSR count). The molecule has 3 aromatic rings. The van der Waals surface area contributed by atoms with Gasteiger partial charge in [0.15, 0.2) is 18.1 Å². The maximum Gasteiger partial charge on any atom is 0.343 e. The Morgan fingerprint density at radius 3 is 2.30 bits per heavy atom. The van der Waals surface area contributed by atoms with Gasteiger partial charge in [0, 0.05) is 16.6 Å². The first-order valence-electron chi connectivity index (χ1n) is 10.5. The third kappa shape index (κ3) is 8.10. The summed E-state index contributed by atoms with van der Waals surface area (Å²) in [6, 6.07) is 13.4. The highest BCUT2D eigenvalue weighted by molar-refractivity contribution is 9.11. The number of non-ortho nitro benzene ring substituents is 1. The van der Waals surface area contributed by atoms with Gasteiger partial charge in [0.1, 0.15) is 5.75 Å². The Hall–Kier alpha value is -3.29. The number of nitrogens with one attached hydrogen (secondary N) is 1. The fourth-order valence-electron chi connectivity index (χ4n) is 2.85. The van der Waals surface area contributed by atoms with Gasteiger partial charge in [0.2, 0.25) is 0 Å². The van der Waals surface area contributed by atoms with Gasteiger partial charge < -0.3 is 14.2 Å². The summed E-state index contributed by atoms with van der Waals surface area (Å²) >= 11 is 10.1. The minimum Gasteiger partial charge on any atom is -0.490 e. The third-order valence-corrected chi connectivity index (χ3v) is 6.13. The Bertz CT molecular complexity index is 1320. The van der Waals surface area contributed by atoms with Gasteiger partial charge in [-0.15, -0.1) is 0 Å². The van der Waals surface area contributed by atoms with Crippen molar-refractivity contribution in [3.8, 4) is 17.2 Å². The second kappa shape index (κ2) is 13.3. The molecule has 0 saturated heterocycles. The van der Waals surface area contributed by atoms with Crippen LogP contribution in [0.2, 0.25) is 0 Å². The summed E-state index contributed by atoms with van der Waals surface area (Å²) < 4.78 is 18.7. The molecule has 13 heteroatoms. The first-order chi connectivity index (χ1) is 17.7. The number of esters is 1. The average molecular weight is 700 g/mol. The minimum absolute atomic E-state index is 0.136. The summed E-state index contributed by atoms with van der Waals surface area (Å²) in [6.07, 6.45) is 1.40. The van der Waals surface area contributed by atoms with Crippen LogP contribution in [0, 0.1) is 10.1 Å². The zero-order valence-corrected chi connectivity index (χ0v) is 23.8. The van der Waals surface area contributed by atoms with Crippen molar-refractivity contribution in [2.24, 2.45) is 5.10 Å². The zero-order chi connectivity index (χ0) is 26.9. The zero-order valence-electron chi connectivity index (χ0n) is 19.1. The lowest BCUT2D eigenvalue weighted by molar-refractivity contribution is -0.384. The second-order valence-electron chi connectivity index (χ2n) is 7.11. The molecule has 192 valence electrons. The monoisotopic (exact) mass is 697 g/mol. The van der Waals surface area contributed by atoms with Crippen LogP contribution in [0.1, 0.15) is 22.8 Å². The van der Waals surface area contributed by atoms with Gasteiger partial charge in [-0.1, -0.05) is 15.9 Å². The van der Waals surface area contributed by atoms with Gasteiger partial charge in [0.05, 0.1) is 32.3 Å². The van der Waals surface area contributed by atoms with Gasteiger partial charge in [-0.05, 0) is 86.8 Å². The van der Waals surface area contributed by atoms with E-state index in [0.717, 1.165) is 4.47 Å². The van der Waals surface area contributed by atoms with Gasteiger partial charge >= 0.3 is 5.97 Å². The van der Waals surface area contributed by atoms with Crippen LogP contribution in [0.3, 0.4) is 0 Å². The van der Waals surface area contributed by atoms with E-state index in [1.807, 2.05) is 0 Å². The van der Waals surface area contributed by atoms with Crippen molar-refractivity contribution in [2.45, 2.75) is 6.92 Å². The molecule has 1 N–H and O–H groups in total. The molecule has 0 heterocycles. The van der Waals surface area contributed by atoms with Crippen molar-refractivity contribution in [3.63, 3.8) is 0 Å². The first kappa shape index (κ1) is 28.3. The normalized spacial score (nSPS) is 10.7. The van der Waals surface area contributed by atoms with Crippen molar-refractivity contribution in [2.75, 3.05) is 13.2 Å². The highest BCUT2D eigenvalue weighted by atomic mass is 79.9. The lowest BCUT2D eigenvalue weighted by Crippen LogP contribution is -2.24. The molecule has 10 nitrogen and oxygen atoms in total. The van der Waals surface area contributed by atoms with E-state index in [0.29, 0.717) is 26.9 Å². The van der Waals surface area contributed by atoms with E-state index < -0.39 is 16.8 Å². The molecule has 3 aromatic carbocycles. The van der Waals surface area contributed by atoms with Crippen molar-refractivity contribution in [1.82, 2.24) is 5.43 Å². The van der Waals surface area contributed by atoms with Crippen LogP contribution < -0.4 is 19.6 Å². The highest BCUT2D eigenvalue weighted by Crippen LogP contribution is 2.36. The lowest BCUT2D eigenvalue weighted by Gasteiger charge is -2.11. The average Bonchev–Trinajstić information content (AvgIpc) is 2.85. The van der Waals surface area contributed by atoms with E-state index in [-0.39, 0.29) is 29.4 Å². The molecular weight excluding hydrogens is 682 g/mol. The number of benzene rings is 3. The number of carbonyl (C=O) groups excluding carboxylic acids is 2. The van der Waals surface area contributed by atoms with Crippen molar-refractivity contribution >= 4 is 71.6 Å². The number of hydrogen-bond acceptors (Lipinski definition) is 8. The van der Waals surface area contributed by atoms with Crippen LogP contribution in [0.15, 0.2) is 73.1 Å². The first-order valence-corrected chi connectivity index (χ1v) is 12.9. The summed E-state index contributed by atoms with van der Waals surface area (Å²) in [6.45, 7) is 1.81. The number of nitrogens with zero attached hydrogens (tertiary/aromatic N) is 2. The third-order valence-electron chi connectivity index (χ3n) is 4.50. The van der Waals surface area contributed by atoms with E-state index in [1.165, 1.54) is 36.5 Å². The van der Waals surface area contributed by atoms with E-state index in [4.69, 9.17) is 14.2 Å². The van der Waals surface area contributed by atoms with Crippen LogP contribution in [-0.4, -0.2) is 36.2 Å². The second-order valence-corrected chi connectivity index (χ2v) is 9.74. The SMILES string of the molecule is CCOc1cc(/C=N/NC(=O)COc2c(Br)cc(Br)cc2Br)ccc1OC(=O)c1ccc([N+](=O)[O-])cc1. The number of amides is 1. The molecule has 0 aliphatic carbocycles. The van der Waals surface area contributed by atoms with Gasteiger partial charge in [0.25, 0.3) is 11.6 Å². The minimum atomic E-state index is -0.700. The number of halogens is 3. The molecule has 0 saturated carbocycles. The Kier molecular flexibility index (Phi) is 10.2. The number of rotatable bonds is 10. The summed E-state index contributed by atoms with van der Waals surface area (Å²) in [4.78, 5) is 34.8. The molecule has 0 aliphatic heterocycles. The van der Waals surface area contributed by atoms with Crippen LogP contribution in [0.5, 0.6) is 17.2 Å². The highest BCUT2D eigenvalue weighted by Gasteiger charge is 2.15. The predicted octanol–water partition coefficient (Wildman–Crippen LogP) is 6.03. The maximum absolute atomic E-state index is 12.5. The molecule has 1 amide bonds. The number of nitro groups is 1. The van der Waals surface area contributed by atoms with E-state index in [1.54, 1.807) is 31.2 Å². The molecule has 0 spiro atoms. The fourth-order valence-corrected chi connectivity index (χ4v) is 5.34. The fraction of sp³-hybridized carbons (Fsp3) is 0.125. The lowest BCUT2D eigenvalue weighted by atomic mass is 10.2. The van der Waals surface area contributed by atoms with Crippen LogP contribution in [-0.2, 0) is 4.79 Å². The molecule has 0 atom stereocenters. The molecule has 0 bridgehead atoms. The van der Waals surface area contributed by atoms with Gasteiger partial charge in [-0.3, -0.25) is 14.9 Å². The largest absolute Gasteiger partial charge is 0.490 e. The standard InChI is InChI=1S/C24H18Br3N3O7/c1-2-35-21-9-14(3-8-20(21)37-24(32)15-4-6-17(7-5-15)30(33)34)12-28-29-22(31)13-36-23-18(26)10-16(25)11-19(23)27/h3-12H,2,13H2,1H3,(H,29,31)/b28-12+. The van der Waals surface area contributed by atoms with Crippen molar-refractivity contribution in [3.05, 3.63) is 89.3 Å². The molecule has 37 heavy (non-hydrogen) atoms. The summed E-state index contributed by atoms with van der Waals surface area (Å²) in [7, 11) is 0. The summed E-state index contributed by atoms with van der Waals surface area (Å²) in [5, 5.41) is 14.7. The van der Waals surface area contributed by atoms with Crippen LogP contribution in [0.25, 0.3) is 0 Å². The quantitative estimate of drug-likeness (QED) is 0.0900. The maximum atomic E-state index is 12.5. The number of hydrazone groups is 1. The Morgan fingerprint density at radius 1 is 1.00 bits per heavy atom. The van der Waals surface area contributed by atoms with Crippen LogP contribution in [0.4, 0.5) is 5.69 Å². The molecule has 0 unspecified atom stereocenters. The van der Waals surface area contributed by atoms with Gasteiger partial charge in [-0.25, -0.2) is 10.2 Å². The summed E-state index contributed by atoms with van der Waals surface area (Å²) in [5.74, 6) is -0.264. The Morgan fingerprint density at radius 2 is 1.68 bits per heavy atom. The van der Waals surface area contributed by atoms with E-state index in [2.05, 4.69) is 58.3 Å². The van der Waals surface area contributed by atoms with Gasteiger partial charge in [-0.2, -0.15) is 5.10 Å². The molecule has 0 fully saturated rings. The topological polar surface area (TPSA) is 129 Å². The number of carbonyl (C=O) groups is 2. The molecular formula is C24H18Br3N3O7. The van der Waals surface area contributed by atoms with Crippen molar-refractivity contribution < 1.29 is 28.7 Å². The molecule has 0 aliphatic rings. The smallest absolute Gasteiger partial charge is 0.343 e.